The van der Waals surface area contributed by atoms with Crippen LogP contribution >= 0.6 is 0 Å². The van der Waals surface area contributed by atoms with E-state index in [1.165, 1.54) is 39.5 Å². The predicted octanol–water partition coefficient (Wildman–Crippen LogP) is 0.815. The van der Waals surface area contributed by atoms with Crippen LogP contribution in [0.4, 0.5) is 10.5 Å². The van der Waals surface area contributed by atoms with Crippen molar-refractivity contribution >= 4 is 11.8 Å². The third-order valence-corrected chi connectivity index (χ3v) is 5.44. The first-order valence-corrected chi connectivity index (χ1v) is 10.5. The van der Waals surface area contributed by atoms with Crippen molar-refractivity contribution in [1.82, 2.24) is 9.55 Å². The smallest absolute Gasteiger partial charge is 0.493 e. The number of nitro benzene ring substituents is 1. The van der Waals surface area contributed by atoms with Crippen LogP contribution in [0.3, 0.4) is 0 Å². The highest BCUT2D eigenvalue weighted by atomic mass is 16.7. The van der Waals surface area contributed by atoms with Gasteiger partial charge in [-0.3, -0.25) is 24.5 Å². The van der Waals surface area contributed by atoms with Crippen LogP contribution in [-0.4, -0.2) is 65.4 Å². The molecular formula is C21H25N3O11. The second-order valence-electron chi connectivity index (χ2n) is 7.62. The van der Waals surface area contributed by atoms with E-state index in [1.807, 2.05) is 0 Å². The van der Waals surface area contributed by atoms with Gasteiger partial charge in [-0.25, -0.2) is 9.59 Å². The maximum absolute atomic E-state index is 12.2. The standard InChI is InChI=1S/C21H25N3O11/c1-11-9-23(20(27)22-19(11)26)18-8-16(17(10-25)34-18)35-21(28)33-5-4-12-6-14(31-2)15(32-3)7-13(12)24(29)30/h6-7,9,16-18,25H,4-5,8,10H2,1-3H3,(H,22,26,27)/t16-,17+,18+/m0/s1. The zero-order valence-electron chi connectivity index (χ0n) is 19.2. The van der Waals surface area contributed by atoms with E-state index in [9.17, 15) is 29.6 Å². The van der Waals surface area contributed by atoms with Crippen molar-refractivity contribution in [2.24, 2.45) is 0 Å². The number of aromatic nitrogens is 2. The molecule has 1 aliphatic rings. The van der Waals surface area contributed by atoms with Gasteiger partial charge >= 0.3 is 11.8 Å². The summed E-state index contributed by atoms with van der Waals surface area (Å²) in [5, 5.41) is 21.0. The van der Waals surface area contributed by atoms with E-state index in [0.717, 1.165) is 4.57 Å². The molecule has 1 aromatic carbocycles. The minimum Gasteiger partial charge on any atom is -0.493 e. The number of ether oxygens (including phenoxy) is 5. The van der Waals surface area contributed by atoms with Crippen LogP contribution in [0, 0.1) is 17.0 Å². The van der Waals surface area contributed by atoms with Crippen LogP contribution < -0.4 is 20.7 Å². The molecule has 1 saturated heterocycles. The fourth-order valence-corrected chi connectivity index (χ4v) is 3.64. The maximum Gasteiger partial charge on any atom is 0.508 e. The van der Waals surface area contributed by atoms with Gasteiger partial charge in [0.15, 0.2) is 11.5 Å². The van der Waals surface area contributed by atoms with Crippen LogP contribution in [0.1, 0.15) is 23.8 Å². The van der Waals surface area contributed by atoms with Crippen molar-refractivity contribution in [3.63, 3.8) is 0 Å². The summed E-state index contributed by atoms with van der Waals surface area (Å²) in [7, 11) is 2.74. The Morgan fingerprint density at radius 3 is 2.60 bits per heavy atom. The van der Waals surface area contributed by atoms with Gasteiger partial charge in [0.2, 0.25) is 0 Å². The quantitative estimate of drug-likeness (QED) is 0.285. The molecule has 190 valence electrons. The van der Waals surface area contributed by atoms with E-state index in [1.54, 1.807) is 0 Å². The predicted molar refractivity (Wildman–Crippen MR) is 118 cm³/mol. The Hall–Kier alpha value is -3.91. The number of rotatable bonds is 9. The molecule has 1 aromatic heterocycles. The van der Waals surface area contributed by atoms with E-state index >= 15 is 0 Å². The summed E-state index contributed by atoms with van der Waals surface area (Å²) in [6.07, 6.45) is -2.51. The van der Waals surface area contributed by atoms with Crippen LogP contribution in [-0.2, 0) is 20.6 Å². The number of nitro groups is 1. The largest absolute Gasteiger partial charge is 0.508 e. The van der Waals surface area contributed by atoms with Crippen LogP contribution in [0.25, 0.3) is 0 Å². The number of carbonyl (C=O) groups excluding carboxylic acids is 1. The molecule has 0 amide bonds. The van der Waals surface area contributed by atoms with Gasteiger partial charge < -0.3 is 28.8 Å². The Labute approximate surface area is 198 Å². The molecule has 35 heavy (non-hydrogen) atoms. The van der Waals surface area contributed by atoms with E-state index in [4.69, 9.17) is 23.7 Å². The van der Waals surface area contributed by atoms with Crippen molar-refractivity contribution in [2.45, 2.75) is 38.2 Å². The summed E-state index contributed by atoms with van der Waals surface area (Å²) >= 11 is 0. The number of benzene rings is 1. The molecule has 14 heteroatoms. The Morgan fingerprint density at radius 1 is 1.29 bits per heavy atom. The number of aliphatic hydroxyl groups excluding tert-OH is 1. The SMILES string of the molecule is COc1cc(CCOC(=O)O[C@H]2C[C@H](n3cc(C)c(=O)[nH]c3=O)O[C@@H]2CO)c([N+](=O)[O-])cc1OC. The summed E-state index contributed by atoms with van der Waals surface area (Å²) in [6.45, 7) is 0.777. The number of hydrogen-bond donors (Lipinski definition) is 2. The minimum atomic E-state index is -1.08. The Morgan fingerprint density at radius 2 is 1.97 bits per heavy atom. The van der Waals surface area contributed by atoms with Crippen molar-refractivity contribution < 1.29 is 38.5 Å². The van der Waals surface area contributed by atoms with Crippen molar-refractivity contribution in [2.75, 3.05) is 27.4 Å². The second-order valence-corrected chi connectivity index (χ2v) is 7.62. The lowest BCUT2D eigenvalue weighted by Gasteiger charge is -2.16. The highest BCUT2D eigenvalue weighted by Gasteiger charge is 2.39. The van der Waals surface area contributed by atoms with E-state index in [2.05, 4.69) is 4.98 Å². The van der Waals surface area contributed by atoms with Crippen molar-refractivity contribution in [3.8, 4) is 11.5 Å². The molecule has 0 radical (unpaired) electrons. The average molecular weight is 495 g/mol. The number of methoxy groups -OCH3 is 2. The first-order valence-electron chi connectivity index (χ1n) is 10.5. The first kappa shape index (κ1) is 25.7. The number of hydrogen-bond acceptors (Lipinski definition) is 11. The normalized spacial score (nSPS) is 19.3. The molecular weight excluding hydrogens is 470 g/mol. The van der Waals surface area contributed by atoms with Crippen molar-refractivity contribution in [3.05, 3.63) is 60.4 Å². The highest BCUT2D eigenvalue weighted by molar-refractivity contribution is 5.60. The van der Waals surface area contributed by atoms with Crippen LogP contribution in [0.5, 0.6) is 11.5 Å². The van der Waals surface area contributed by atoms with Gasteiger partial charge in [-0.15, -0.1) is 0 Å². The molecule has 1 fully saturated rings. The monoisotopic (exact) mass is 495 g/mol. The number of aliphatic hydroxyl groups is 1. The fraction of sp³-hybridized carbons (Fsp3) is 0.476. The van der Waals surface area contributed by atoms with Crippen molar-refractivity contribution in [1.29, 1.82) is 0 Å². The highest BCUT2D eigenvalue weighted by Crippen LogP contribution is 2.35. The summed E-state index contributed by atoms with van der Waals surface area (Å²) in [6, 6.07) is 2.64. The Bertz CT molecular complexity index is 1210. The molecule has 3 rings (SSSR count). The third kappa shape index (κ3) is 5.78. The molecule has 2 N–H and O–H groups in total. The van der Waals surface area contributed by atoms with Gasteiger partial charge in [-0.1, -0.05) is 0 Å². The lowest BCUT2D eigenvalue weighted by Crippen LogP contribution is -2.33. The van der Waals surface area contributed by atoms with Crippen LogP contribution in [0.15, 0.2) is 27.9 Å². The summed E-state index contributed by atoms with van der Waals surface area (Å²) < 4.78 is 27.3. The number of aromatic amines is 1. The maximum atomic E-state index is 12.2. The van der Waals surface area contributed by atoms with Gasteiger partial charge in [0.05, 0.1) is 38.4 Å². The second kappa shape index (κ2) is 11.0. The number of nitrogens with zero attached hydrogens (tertiary/aromatic N) is 2. The lowest BCUT2D eigenvalue weighted by atomic mass is 10.1. The van der Waals surface area contributed by atoms with Gasteiger partial charge in [0.25, 0.3) is 11.2 Å². The fourth-order valence-electron chi connectivity index (χ4n) is 3.64. The molecule has 0 spiro atoms. The molecule has 0 unspecified atom stereocenters. The van der Waals surface area contributed by atoms with Gasteiger partial charge in [-0.05, 0) is 13.0 Å². The number of carbonyl (C=O) groups is 1. The summed E-state index contributed by atoms with van der Waals surface area (Å²) in [4.78, 5) is 48.9. The van der Waals surface area contributed by atoms with E-state index in [0.29, 0.717) is 0 Å². The molecule has 1 aliphatic heterocycles. The Kier molecular flexibility index (Phi) is 8.09. The topological polar surface area (TPSA) is 181 Å². The molecule has 3 atom stereocenters. The van der Waals surface area contributed by atoms with Gasteiger partial charge in [0.1, 0.15) is 18.4 Å². The van der Waals surface area contributed by atoms with E-state index in [-0.39, 0.29) is 47.8 Å². The number of nitrogens with one attached hydrogen (secondary N) is 1. The average Bonchev–Trinajstić information content (AvgIpc) is 3.23. The number of H-pyrrole nitrogens is 1. The zero-order chi connectivity index (χ0) is 25.7. The van der Waals surface area contributed by atoms with Crippen LogP contribution in [0.2, 0.25) is 0 Å². The lowest BCUT2D eigenvalue weighted by molar-refractivity contribution is -0.385. The molecule has 2 aromatic rings. The molecule has 14 nitrogen and oxygen atoms in total. The van der Waals surface area contributed by atoms with Gasteiger partial charge in [-0.2, -0.15) is 0 Å². The molecule has 2 heterocycles. The number of aryl methyl sites for hydroxylation is 1. The van der Waals surface area contributed by atoms with Gasteiger partial charge in [0, 0.05) is 30.2 Å². The molecule has 0 aliphatic carbocycles. The molecule has 0 saturated carbocycles. The Balaban J connectivity index is 1.63. The van der Waals surface area contributed by atoms with E-state index < -0.39 is 47.4 Å². The minimum absolute atomic E-state index is 0.00889. The third-order valence-electron chi connectivity index (χ3n) is 5.44. The zero-order valence-corrected chi connectivity index (χ0v) is 19.2. The summed E-state index contributed by atoms with van der Waals surface area (Å²) in [5.74, 6) is 0.467. The first-order chi connectivity index (χ1) is 16.7. The summed E-state index contributed by atoms with van der Waals surface area (Å²) in [5.41, 5.74) is -0.933. The molecule has 0 bridgehead atoms.